The van der Waals surface area contributed by atoms with Crippen molar-refractivity contribution in [2.24, 2.45) is 0 Å². The lowest BCUT2D eigenvalue weighted by molar-refractivity contribution is 0.0920. The van der Waals surface area contributed by atoms with Crippen molar-refractivity contribution in [3.63, 3.8) is 0 Å². The van der Waals surface area contributed by atoms with Crippen LogP contribution in [0, 0.1) is 11.6 Å². The normalized spacial score (nSPS) is 14.6. The number of benzene rings is 3. The summed E-state index contributed by atoms with van der Waals surface area (Å²) < 4.78 is 46.6. The molecule has 9 nitrogen and oxygen atoms in total. The average molecular weight is 619 g/mol. The molecule has 3 aromatic carbocycles. The summed E-state index contributed by atoms with van der Waals surface area (Å²) in [4.78, 5) is 38.3. The Hall–Kier alpha value is -4.84. The van der Waals surface area contributed by atoms with Crippen LogP contribution < -0.4 is 15.0 Å². The Morgan fingerprint density at radius 2 is 1.84 bits per heavy atom. The number of hydrogen-bond acceptors (Lipinski definition) is 8. The summed E-state index contributed by atoms with van der Waals surface area (Å²) in [6.45, 7) is 0.584. The predicted molar refractivity (Wildman–Crippen MR) is 161 cm³/mol. The van der Waals surface area contributed by atoms with Gasteiger partial charge in [-0.15, -0.1) is 0 Å². The second kappa shape index (κ2) is 12.4. The van der Waals surface area contributed by atoms with Gasteiger partial charge in [0, 0.05) is 24.2 Å². The van der Waals surface area contributed by atoms with Crippen LogP contribution in [0.25, 0.3) is 21.7 Å². The molecular weight excluding hydrogens is 590 g/mol. The summed E-state index contributed by atoms with van der Waals surface area (Å²) in [6.07, 6.45) is 0.903. The predicted octanol–water partition coefficient (Wildman–Crippen LogP) is 6.34. The molecule has 2 aromatic heterocycles. The van der Waals surface area contributed by atoms with Crippen LogP contribution in [0.5, 0.6) is 11.5 Å². The van der Waals surface area contributed by atoms with Crippen LogP contribution in [0.4, 0.5) is 13.6 Å². The van der Waals surface area contributed by atoms with E-state index in [1.807, 2.05) is 30.3 Å². The summed E-state index contributed by atoms with van der Waals surface area (Å²) >= 11 is 1.17. The van der Waals surface area contributed by atoms with Gasteiger partial charge in [-0.1, -0.05) is 41.7 Å². The number of fused-ring (bicyclic) bond motifs is 1. The van der Waals surface area contributed by atoms with Gasteiger partial charge >= 0.3 is 6.09 Å². The molecule has 1 unspecified atom stereocenters. The Balaban J connectivity index is 1.40. The lowest BCUT2D eigenvalue weighted by atomic mass is 10.1. The molecule has 3 heterocycles. The number of halogens is 2. The first-order valence-corrected chi connectivity index (χ1v) is 14.7. The number of carbonyl (C=O) groups excluding carboxylic acids is 1. The second-order valence-corrected chi connectivity index (χ2v) is 11.2. The van der Waals surface area contributed by atoms with Crippen LogP contribution in [0.1, 0.15) is 35.0 Å². The molecule has 1 atom stereocenters. The lowest BCUT2D eigenvalue weighted by Gasteiger charge is -2.22. The molecule has 0 bridgehead atoms. The van der Waals surface area contributed by atoms with E-state index in [0.29, 0.717) is 35.0 Å². The molecule has 0 N–H and O–H groups in total. The zero-order chi connectivity index (χ0) is 30.8. The fourth-order valence-corrected chi connectivity index (χ4v) is 6.36. The van der Waals surface area contributed by atoms with Gasteiger partial charge in [0.2, 0.25) is 0 Å². The number of rotatable bonds is 8. The van der Waals surface area contributed by atoms with Crippen molar-refractivity contribution in [1.82, 2.24) is 19.4 Å². The number of likely N-dealkylation sites (tertiary alicyclic amines) is 1. The first kappa shape index (κ1) is 29.2. The highest BCUT2D eigenvalue weighted by molar-refractivity contribution is 7.18. The Morgan fingerprint density at radius 3 is 2.59 bits per heavy atom. The van der Waals surface area contributed by atoms with Crippen LogP contribution >= 0.6 is 11.3 Å². The molecule has 1 saturated heterocycles. The molecule has 1 fully saturated rings. The third-order valence-electron chi connectivity index (χ3n) is 7.51. The van der Waals surface area contributed by atoms with Gasteiger partial charge in [-0.05, 0) is 42.7 Å². The highest BCUT2D eigenvalue weighted by atomic mass is 32.1. The summed E-state index contributed by atoms with van der Waals surface area (Å²) in [5.74, 6) is -0.586. The summed E-state index contributed by atoms with van der Waals surface area (Å²) in [7, 11) is 3.02. The van der Waals surface area contributed by atoms with E-state index in [1.165, 1.54) is 36.2 Å². The monoisotopic (exact) mass is 618 g/mol. The SMILES string of the molecule is COc1ccc(Cn2c(-c3ccc(F)cc3F)nc3sc(C4CCCN4C(=O)OCc4ccccc4)nc3c2=O)c(OC)c1. The molecule has 0 radical (unpaired) electrons. The van der Waals surface area contributed by atoms with E-state index >= 15 is 4.39 Å². The highest BCUT2D eigenvalue weighted by Gasteiger charge is 2.34. The number of methoxy groups -OCH3 is 2. The van der Waals surface area contributed by atoms with E-state index in [-0.39, 0.29) is 34.9 Å². The van der Waals surface area contributed by atoms with E-state index in [1.54, 1.807) is 23.1 Å². The first-order chi connectivity index (χ1) is 21.4. The maximum absolute atomic E-state index is 15.1. The van der Waals surface area contributed by atoms with E-state index < -0.39 is 29.3 Å². The first-order valence-electron chi connectivity index (χ1n) is 13.9. The smallest absolute Gasteiger partial charge is 0.410 e. The van der Waals surface area contributed by atoms with Crippen molar-refractivity contribution in [3.05, 3.63) is 105 Å². The van der Waals surface area contributed by atoms with Crippen molar-refractivity contribution in [3.8, 4) is 22.9 Å². The van der Waals surface area contributed by atoms with Gasteiger partial charge in [0.25, 0.3) is 5.56 Å². The van der Waals surface area contributed by atoms with Crippen LogP contribution in [0.2, 0.25) is 0 Å². The zero-order valence-corrected chi connectivity index (χ0v) is 24.8. The van der Waals surface area contributed by atoms with Gasteiger partial charge in [-0.3, -0.25) is 14.3 Å². The topological polar surface area (TPSA) is 95.8 Å². The van der Waals surface area contributed by atoms with Crippen molar-refractivity contribution in [1.29, 1.82) is 0 Å². The summed E-state index contributed by atoms with van der Waals surface area (Å²) in [5.41, 5.74) is 1.02. The lowest BCUT2D eigenvalue weighted by Crippen LogP contribution is -2.31. The maximum Gasteiger partial charge on any atom is 0.410 e. The fraction of sp³-hybridized carbons (Fsp3) is 0.250. The van der Waals surface area contributed by atoms with Crippen molar-refractivity contribution >= 4 is 27.8 Å². The number of amides is 1. The number of ether oxygens (including phenoxy) is 3. The molecule has 6 rings (SSSR count). The fourth-order valence-electron chi connectivity index (χ4n) is 5.29. The molecule has 226 valence electrons. The third-order valence-corrected chi connectivity index (χ3v) is 8.56. The number of hydrogen-bond donors (Lipinski definition) is 0. The van der Waals surface area contributed by atoms with Gasteiger partial charge < -0.3 is 14.2 Å². The molecular formula is C32H28F2N4O5S. The zero-order valence-electron chi connectivity index (χ0n) is 24.0. The Morgan fingerprint density at radius 1 is 1.02 bits per heavy atom. The quantitative estimate of drug-likeness (QED) is 0.200. The molecule has 1 aliphatic heterocycles. The Labute approximate surface area is 255 Å². The van der Waals surface area contributed by atoms with Gasteiger partial charge in [0.1, 0.15) is 40.6 Å². The van der Waals surface area contributed by atoms with Gasteiger partial charge in [-0.25, -0.2) is 23.5 Å². The van der Waals surface area contributed by atoms with Crippen molar-refractivity contribution < 1.29 is 27.8 Å². The molecule has 0 aliphatic carbocycles. The van der Waals surface area contributed by atoms with Crippen molar-refractivity contribution in [2.45, 2.75) is 32.0 Å². The minimum absolute atomic E-state index is 0.0126. The van der Waals surface area contributed by atoms with Crippen LogP contribution in [0.15, 0.2) is 71.5 Å². The molecule has 1 amide bonds. The minimum Gasteiger partial charge on any atom is -0.497 e. The minimum atomic E-state index is -0.862. The Kier molecular flexibility index (Phi) is 8.25. The van der Waals surface area contributed by atoms with Crippen molar-refractivity contribution in [2.75, 3.05) is 20.8 Å². The number of carbonyl (C=O) groups is 1. The van der Waals surface area contributed by atoms with E-state index in [4.69, 9.17) is 14.2 Å². The third kappa shape index (κ3) is 5.72. The summed E-state index contributed by atoms with van der Waals surface area (Å²) in [6, 6.07) is 17.2. The Bertz CT molecular complexity index is 1900. The molecule has 44 heavy (non-hydrogen) atoms. The van der Waals surface area contributed by atoms with Gasteiger partial charge in [0.15, 0.2) is 10.3 Å². The summed E-state index contributed by atoms with van der Waals surface area (Å²) in [5, 5.41) is 0.532. The van der Waals surface area contributed by atoms with Crippen LogP contribution in [0.3, 0.4) is 0 Å². The number of nitrogens with zero attached hydrogens (tertiary/aromatic N) is 4. The van der Waals surface area contributed by atoms with E-state index in [9.17, 15) is 14.0 Å². The van der Waals surface area contributed by atoms with Crippen LogP contribution in [-0.2, 0) is 17.9 Å². The molecule has 12 heteroatoms. The molecule has 0 saturated carbocycles. The standard InChI is InChI=1S/C32H28F2N4O5S/c1-41-22-12-10-20(26(16-22)42-2)17-38-28(23-13-11-21(33)15-24(23)34)36-30-27(31(38)39)35-29(44-30)25-9-6-14-37(25)32(40)43-18-19-7-4-3-5-8-19/h3-5,7-8,10-13,15-16,25H,6,9,14,17-18H2,1-2H3. The molecule has 0 spiro atoms. The second-order valence-electron chi connectivity index (χ2n) is 10.2. The molecule has 5 aromatic rings. The van der Waals surface area contributed by atoms with Gasteiger partial charge in [-0.2, -0.15) is 0 Å². The number of thiazole rings is 1. The van der Waals surface area contributed by atoms with E-state index in [0.717, 1.165) is 24.1 Å². The van der Waals surface area contributed by atoms with E-state index in [2.05, 4.69) is 9.97 Å². The van der Waals surface area contributed by atoms with Crippen LogP contribution in [-0.4, -0.2) is 46.3 Å². The molecule has 1 aliphatic rings. The maximum atomic E-state index is 15.1. The van der Waals surface area contributed by atoms with Gasteiger partial charge in [0.05, 0.1) is 32.4 Å². The average Bonchev–Trinajstić information content (AvgIpc) is 3.70. The number of aromatic nitrogens is 3. The highest BCUT2D eigenvalue weighted by Crippen LogP contribution is 2.37. The largest absolute Gasteiger partial charge is 0.497 e.